The minimum atomic E-state index is -3.19. The number of nitrogens with zero attached hydrogens (tertiary/aromatic N) is 10. The molecule has 698 valence electrons. The molecule has 4 aliphatic carbocycles. The summed E-state index contributed by atoms with van der Waals surface area (Å²) < 4.78 is 173. The minimum Gasteiger partial charge on any atom is -0.488 e. The van der Waals surface area contributed by atoms with E-state index in [4.69, 9.17) is 34.2 Å². The van der Waals surface area contributed by atoms with Crippen LogP contribution in [0.3, 0.4) is 0 Å². The number of aryl methyl sites for hydroxylation is 3. The molecule has 17 unspecified atom stereocenters. The Morgan fingerprint density at radius 1 is 0.450 bits per heavy atom. The molecule has 0 bridgehead atoms. The average Bonchev–Trinajstić information content (AvgIpc) is 1.64. The lowest BCUT2D eigenvalue weighted by Gasteiger charge is -2.29. The number of anilines is 1. The van der Waals surface area contributed by atoms with Gasteiger partial charge in [-0.2, -0.15) is 13.8 Å². The van der Waals surface area contributed by atoms with Gasteiger partial charge in [0.2, 0.25) is 5.88 Å². The van der Waals surface area contributed by atoms with Crippen LogP contribution in [-0.4, -0.2) is 208 Å². The molecule has 4 aliphatic heterocycles. The van der Waals surface area contributed by atoms with Crippen molar-refractivity contribution in [1.29, 1.82) is 0 Å². The van der Waals surface area contributed by atoms with Gasteiger partial charge in [-0.3, -0.25) is 0 Å². The molecule has 3 aromatic carbocycles. The highest BCUT2D eigenvalue weighted by molar-refractivity contribution is 5.89. The molecule has 4 saturated carbocycles. The molecule has 0 radical (unpaired) electrons. The Bertz CT molecular complexity index is 6040. The molecule has 8 aliphatic rings. The van der Waals surface area contributed by atoms with Crippen LogP contribution in [0, 0.1) is 49.9 Å². The van der Waals surface area contributed by atoms with Crippen LogP contribution < -0.4 is 60.2 Å². The van der Waals surface area contributed by atoms with E-state index in [0.29, 0.717) is 110 Å². The molecule has 17 atom stereocenters. The largest absolute Gasteiger partial charge is 0.488 e. The van der Waals surface area contributed by atoms with Crippen LogP contribution in [0.2, 0.25) is 0 Å². The molecular formula is C92H102F9N15O15. The molecule has 9 aromatic heterocycles. The molecule has 39 heteroatoms. The van der Waals surface area contributed by atoms with E-state index in [-0.39, 0.29) is 107 Å². The third-order valence-corrected chi connectivity index (χ3v) is 26.3. The van der Waals surface area contributed by atoms with Gasteiger partial charge in [-0.25, -0.2) is 55.7 Å². The number of methoxy groups -OCH3 is 1. The van der Waals surface area contributed by atoms with Crippen molar-refractivity contribution in [3.05, 3.63) is 200 Å². The van der Waals surface area contributed by atoms with Crippen molar-refractivity contribution in [3.63, 3.8) is 0 Å². The zero-order chi connectivity index (χ0) is 92.6. The van der Waals surface area contributed by atoms with Crippen LogP contribution in [-0.2, 0) is 45.4 Å². The van der Waals surface area contributed by atoms with Gasteiger partial charge < -0.3 is 119 Å². The summed E-state index contributed by atoms with van der Waals surface area (Å²) in [5, 5.41) is 102. The highest BCUT2D eigenvalue weighted by atomic mass is 19.3. The zero-order valence-electron chi connectivity index (χ0n) is 72.4. The molecule has 4 fully saturated rings. The van der Waals surface area contributed by atoms with Crippen LogP contribution in [0.5, 0.6) is 40.5 Å². The van der Waals surface area contributed by atoms with Gasteiger partial charge in [-0.1, -0.05) is 6.92 Å². The van der Waals surface area contributed by atoms with E-state index >= 15 is 4.39 Å². The number of aliphatic hydroxyl groups is 8. The minimum absolute atomic E-state index is 0.0218. The maximum atomic E-state index is 15.1. The lowest BCUT2D eigenvalue weighted by molar-refractivity contribution is -0.0527. The molecule has 131 heavy (non-hydrogen) atoms. The number of benzene rings is 3. The number of rotatable bonds is 18. The van der Waals surface area contributed by atoms with Crippen LogP contribution >= 0.6 is 0 Å². The molecule has 0 spiro atoms. The number of nitrogens with two attached hydrogens (primary N) is 1. The van der Waals surface area contributed by atoms with Gasteiger partial charge in [-0.15, -0.1) is 0 Å². The van der Waals surface area contributed by atoms with Crippen molar-refractivity contribution < 1.29 is 114 Å². The van der Waals surface area contributed by atoms with Gasteiger partial charge in [0.15, 0.2) is 34.8 Å². The molecular weight excluding hydrogens is 1730 g/mol. The number of aromatic nitrogens is 10. The fourth-order valence-electron chi connectivity index (χ4n) is 19.5. The SMILES string of the molecule is CC1CNCc2c(OC3CC(n4cc(F)c5c(N)ccnc54)C(O)C3O)cc(C(F)F)c(F)c21.COc1nc(OC2CC(n3ccc4c(C)ncnc43)C(O)C2O)c2c(c1F)CCNC2.Cc1ccnc2c1ccn2C1CC(Oc2cc(OC(C)C)c(F)c3c2CNCC3)C(O)C1O.Cc1ccnc2c1ccn2C1CC(Oc2cc(OC(F)F)c(F)c3c2CNCC3)C(O)C1O. The maximum Gasteiger partial charge on any atom is 0.387 e. The lowest BCUT2D eigenvalue weighted by Crippen LogP contribution is -2.35. The number of aliphatic hydroxyl groups excluding tert-OH is 8. The van der Waals surface area contributed by atoms with Gasteiger partial charge >= 0.3 is 6.61 Å². The number of pyridine rings is 4. The number of hydrogen-bond donors (Lipinski definition) is 13. The van der Waals surface area contributed by atoms with E-state index in [0.717, 1.165) is 62.5 Å². The van der Waals surface area contributed by atoms with Gasteiger partial charge in [0.1, 0.15) is 125 Å². The summed E-state index contributed by atoms with van der Waals surface area (Å²) in [6, 6.07) is 12.5. The van der Waals surface area contributed by atoms with Crippen molar-refractivity contribution in [3.8, 4) is 40.5 Å². The van der Waals surface area contributed by atoms with Gasteiger partial charge in [0, 0.05) is 180 Å². The molecule has 20 rings (SSSR count). The molecule has 0 amide bonds. The van der Waals surface area contributed by atoms with Crippen molar-refractivity contribution >= 4 is 49.8 Å². The Hall–Kier alpha value is -11.2. The number of hydrogen-bond acceptors (Lipinski definition) is 26. The predicted molar refractivity (Wildman–Crippen MR) is 459 cm³/mol. The predicted octanol–water partition coefficient (Wildman–Crippen LogP) is 10.1. The van der Waals surface area contributed by atoms with Crippen molar-refractivity contribution in [2.45, 2.75) is 235 Å². The van der Waals surface area contributed by atoms with Crippen molar-refractivity contribution in [2.24, 2.45) is 0 Å². The third kappa shape index (κ3) is 17.4. The summed E-state index contributed by atoms with van der Waals surface area (Å²) >= 11 is 0. The smallest absolute Gasteiger partial charge is 0.387 e. The number of halogens is 9. The van der Waals surface area contributed by atoms with Gasteiger partial charge in [0.05, 0.1) is 54.0 Å². The highest BCUT2D eigenvalue weighted by Crippen LogP contribution is 2.48. The maximum absolute atomic E-state index is 15.1. The first-order valence-corrected chi connectivity index (χ1v) is 43.5. The Kier molecular flexibility index (Phi) is 26.5. The van der Waals surface area contributed by atoms with Crippen LogP contribution in [0.25, 0.3) is 44.1 Å². The summed E-state index contributed by atoms with van der Waals surface area (Å²) in [5.41, 5.74) is 14.3. The summed E-state index contributed by atoms with van der Waals surface area (Å²) in [5.74, 6) is -3.30. The van der Waals surface area contributed by atoms with E-state index in [9.17, 15) is 76.0 Å². The number of ether oxygens (including phenoxy) is 7. The Morgan fingerprint density at radius 3 is 1.37 bits per heavy atom. The van der Waals surface area contributed by atoms with Crippen LogP contribution in [0.15, 0.2) is 104 Å². The van der Waals surface area contributed by atoms with E-state index in [1.165, 1.54) is 30.3 Å². The molecule has 14 N–H and O–H groups in total. The number of nitrogen functional groups attached to an aromatic ring is 1. The first kappa shape index (κ1) is 91.7. The van der Waals surface area contributed by atoms with Crippen molar-refractivity contribution in [1.82, 2.24) is 69.4 Å². The second kappa shape index (κ2) is 37.8. The molecule has 12 aromatic rings. The van der Waals surface area contributed by atoms with Crippen molar-refractivity contribution in [2.75, 3.05) is 39.0 Å². The van der Waals surface area contributed by atoms with Gasteiger partial charge in [-0.05, 0) is 133 Å². The third-order valence-electron chi connectivity index (χ3n) is 26.3. The second-order valence-electron chi connectivity index (χ2n) is 34.7. The number of nitrogens with one attached hydrogen (secondary N) is 4. The Balaban J connectivity index is 0.000000122. The average molecular weight is 1830 g/mol. The second-order valence-corrected chi connectivity index (χ2v) is 34.7. The normalized spacial score (nSPS) is 25.6. The van der Waals surface area contributed by atoms with E-state index in [1.54, 1.807) is 25.4 Å². The lowest BCUT2D eigenvalue weighted by atomic mass is 9.89. The standard InChI is InChI=1S/C25H30FN3O4.C23H24F4N4O3.C23H24F3N3O4.C21H24FN5O4/c1-13(2)32-20-11-19(17-12-27-7-5-16(17)22(20)26)33-21-10-18(23(30)24(21)31)29-9-6-15-14(3)4-8-28-25(15)29;1-9-6-29-7-11-15(4-10(22(26)27)19(25)17(9)11)34-16-5-14(20(32)21(16)33)31-8-12(24)18-13(28)2-3-30-23(18)31;1-11-2-6-28-22-12(11)4-7-29(22)15-8-18(21(31)20(15)30)32-16-9-17(33-23(25)26)19(24)13-3-5-27-10-14(13)16;1-10-11-4-6-27(19(11)25-9-24-10)14-7-15(18(29)17(14)28)31-20-13-8-23-5-3-12(13)16(22)21(26-20)30-2/h4,6,8-9,11,13,18,21,23-24,27,30-31H,5,7,10,12H2,1-3H3;2-4,8-9,14,16,20-22,29,32-33H,5-7H2,1H3,(H2,28,30);2,4,6-7,9,15,18,20-21,23,27,30-31H,3,5,8,10H2,1H3;4,6,9,14-15,17-18,23,28-29H,3,5,7-8H2,1-2H3. The Labute approximate surface area is 744 Å². The van der Waals surface area contributed by atoms with E-state index < -0.39 is 145 Å². The first-order valence-electron chi connectivity index (χ1n) is 43.5. The topological polar surface area (TPSA) is 398 Å². The number of fused-ring (bicyclic) bond motifs is 8. The summed E-state index contributed by atoms with van der Waals surface area (Å²) in [6.45, 7) is 11.7. The van der Waals surface area contributed by atoms with Crippen LogP contribution in [0.4, 0.5) is 45.2 Å². The zero-order valence-corrected chi connectivity index (χ0v) is 72.4. The van der Waals surface area contributed by atoms with E-state index in [2.05, 4.69) is 55.9 Å². The monoisotopic (exact) mass is 1830 g/mol. The van der Waals surface area contributed by atoms with Gasteiger partial charge in [0.25, 0.3) is 12.3 Å². The fraction of sp³-hybridized carbons (Fsp3) is 0.457. The highest BCUT2D eigenvalue weighted by Gasteiger charge is 2.50. The number of alkyl halides is 4. The Morgan fingerprint density at radius 2 is 0.885 bits per heavy atom. The summed E-state index contributed by atoms with van der Waals surface area (Å²) in [6.07, 6.45) is -0.633. The molecule has 30 nitrogen and oxygen atoms in total. The molecule has 13 heterocycles. The summed E-state index contributed by atoms with van der Waals surface area (Å²) in [4.78, 5) is 25.8. The summed E-state index contributed by atoms with van der Waals surface area (Å²) in [7, 11) is 1.36. The van der Waals surface area contributed by atoms with E-state index in [1.807, 2.05) is 97.2 Å². The molecule has 0 saturated heterocycles. The first-order chi connectivity index (χ1) is 62.9. The van der Waals surface area contributed by atoms with Crippen LogP contribution in [0.1, 0.15) is 150 Å². The fourth-order valence-corrected chi connectivity index (χ4v) is 19.5. The quantitative estimate of drug-likeness (QED) is 0.0355.